The number of hydrogen-bond donors (Lipinski definition) is 3. The van der Waals surface area contributed by atoms with Gasteiger partial charge < -0.3 is 15.7 Å². The fraction of sp³-hybridized carbons (Fsp3) is 0.500. The molecule has 1 saturated carbocycles. The summed E-state index contributed by atoms with van der Waals surface area (Å²) in [5, 5.41) is 14.6. The summed E-state index contributed by atoms with van der Waals surface area (Å²) in [6, 6.07) is 4.43. The number of carboxylic acids is 1. The number of urea groups is 1. The van der Waals surface area contributed by atoms with Gasteiger partial charge in [-0.2, -0.15) is 0 Å². The third kappa shape index (κ3) is 3.54. The van der Waals surface area contributed by atoms with Crippen molar-refractivity contribution in [2.75, 3.05) is 11.9 Å². The number of nitrogens with one attached hydrogen (secondary N) is 2. The minimum atomic E-state index is -1.00. The van der Waals surface area contributed by atoms with Crippen molar-refractivity contribution < 1.29 is 14.7 Å². The van der Waals surface area contributed by atoms with Crippen LogP contribution in [0.4, 0.5) is 10.5 Å². The minimum absolute atomic E-state index is 0.167. The van der Waals surface area contributed by atoms with E-state index in [2.05, 4.69) is 17.6 Å². The van der Waals surface area contributed by atoms with Gasteiger partial charge in [-0.3, -0.25) is 0 Å². The Hall–Kier alpha value is -2.04. The zero-order valence-corrected chi connectivity index (χ0v) is 12.5. The highest BCUT2D eigenvalue weighted by molar-refractivity contribution is 5.93. The minimum Gasteiger partial charge on any atom is -0.478 e. The van der Waals surface area contributed by atoms with E-state index in [1.807, 2.05) is 6.92 Å². The summed E-state index contributed by atoms with van der Waals surface area (Å²) in [4.78, 5) is 22.9. The molecule has 0 atom stereocenters. The number of carboxylic acid groups (broad SMARTS) is 1. The predicted octanol–water partition coefficient (Wildman–Crippen LogP) is 3.40. The van der Waals surface area contributed by atoms with Crippen LogP contribution in [0, 0.1) is 12.3 Å². The maximum Gasteiger partial charge on any atom is 0.335 e. The molecule has 0 saturated heterocycles. The van der Waals surface area contributed by atoms with Gasteiger partial charge >= 0.3 is 12.0 Å². The van der Waals surface area contributed by atoms with E-state index in [9.17, 15) is 9.59 Å². The molecule has 114 valence electrons. The van der Waals surface area contributed by atoms with Crippen LogP contribution in [0.1, 0.15) is 48.5 Å². The molecule has 0 unspecified atom stereocenters. The first-order valence-electron chi connectivity index (χ1n) is 7.34. The molecule has 2 rings (SSSR count). The number of carbonyl (C=O) groups is 2. The van der Waals surface area contributed by atoms with E-state index in [0.29, 0.717) is 12.2 Å². The molecule has 5 nitrogen and oxygen atoms in total. The lowest BCUT2D eigenvalue weighted by atomic mass is 9.67. The first-order chi connectivity index (χ1) is 9.96. The monoisotopic (exact) mass is 290 g/mol. The van der Waals surface area contributed by atoms with Crippen molar-refractivity contribution in [3.05, 3.63) is 29.3 Å². The predicted molar refractivity (Wildman–Crippen MR) is 81.7 cm³/mol. The second kappa shape index (κ2) is 6.16. The lowest BCUT2D eigenvalue weighted by molar-refractivity contribution is 0.0697. The molecule has 3 N–H and O–H groups in total. The van der Waals surface area contributed by atoms with E-state index < -0.39 is 5.97 Å². The lowest BCUT2D eigenvalue weighted by Gasteiger charge is -2.41. The Bertz CT molecular complexity index is 545. The summed E-state index contributed by atoms with van der Waals surface area (Å²) >= 11 is 0. The fourth-order valence-corrected chi connectivity index (χ4v) is 2.66. The summed E-state index contributed by atoms with van der Waals surface area (Å²) in [6.07, 6.45) is 4.63. The van der Waals surface area contributed by atoms with Crippen molar-refractivity contribution >= 4 is 17.7 Å². The highest BCUT2D eigenvalue weighted by Gasteiger charge is 2.35. The van der Waals surface area contributed by atoms with E-state index in [1.165, 1.54) is 18.6 Å². The molecule has 1 aromatic rings. The summed E-state index contributed by atoms with van der Waals surface area (Å²) in [5.41, 5.74) is 1.80. The molecule has 0 aromatic heterocycles. The second-order valence-electron chi connectivity index (χ2n) is 5.85. The van der Waals surface area contributed by atoms with Gasteiger partial charge in [0.05, 0.1) is 5.56 Å². The van der Waals surface area contributed by atoms with Crippen LogP contribution in [0.5, 0.6) is 0 Å². The smallest absolute Gasteiger partial charge is 0.335 e. The highest BCUT2D eigenvalue weighted by atomic mass is 16.4. The first-order valence-corrected chi connectivity index (χ1v) is 7.34. The van der Waals surface area contributed by atoms with E-state index in [1.54, 1.807) is 6.07 Å². The fourth-order valence-electron chi connectivity index (χ4n) is 2.66. The molecule has 0 radical (unpaired) electrons. The Kier molecular flexibility index (Phi) is 4.50. The second-order valence-corrected chi connectivity index (χ2v) is 5.85. The first kappa shape index (κ1) is 15.4. The van der Waals surface area contributed by atoms with Crippen LogP contribution in [0.3, 0.4) is 0 Å². The Balaban J connectivity index is 1.96. The Labute approximate surface area is 124 Å². The maximum absolute atomic E-state index is 12.0. The standard InChI is InChI=1S/C16H22N2O3/c1-3-16(7-4-8-16)10-17-15(21)18-13-9-12(14(19)20)6-5-11(13)2/h5-6,9H,3-4,7-8,10H2,1-2H3,(H,19,20)(H2,17,18,21). The van der Waals surface area contributed by atoms with Gasteiger partial charge in [0, 0.05) is 12.2 Å². The summed E-state index contributed by atoms with van der Waals surface area (Å²) in [5.74, 6) is -1.00. The normalized spacial score (nSPS) is 15.9. The third-order valence-corrected chi connectivity index (χ3v) is 4.52. The van der Waals surface area contributed by atoms with Gasteiger partial charge in [-0.1, -0.05) is 19.4 Å². The topological polar surface area (TPSA) is 78.4 Å². The molecule has 2 amide bonds. The van der Waals surface area contributed by atoms with Gasteiger partial charge in [0.1, 0.15) is 0 Å². The summed E-state index contributed by atoms with van der Waals surface area (Å²) in [6.45, 7) is 4.66. The zero-order chi connectivity index (χ0) is 15.5. The number of rotatable bonds is 5. The number of amides is 2. The van der Waals surface area contributed by atoms with Crippen molar-refractivity contribution in [3.8, 4) is 0 Å². The number of aryl methyl sites for hydroxylation is 1. The van der Waals surface area contributed by atoms with Crippen LogP contribution >= 0.6 is 0 Å². The summed E-state index contributed by atoms with van der Waals surface area (Å²) < 4.78 is 0. The van der Waals surface area contributed by atoms with Crippen LogP contribution in [0.25, 0.3) is 0 Å². The Morgan fingerprint density at radius 1 is 1.33 bits per heavy atom. The average Bonchev–Trinajstić information content (AvgIpc) is 2.40. The molecule has 1 aliphatic carbocycles. The summed E-state index contributed by atoms with van der Waals surface area (Å²) in [7, 11) is 0. The van der Waals surface area contributed by atoms with Gasteiger partial charge in [-0.15, -0.1) is 0 Å². The highest BCUT2D eigenvalue weighted by Crippen LogP contribution is 2.43. The van der Waals surface area contributed by atoms with E-state index in [-0.39, 0.29) is 17.0 Å². The van der Waals surface area contributed by atoms with Gasteiger partial charge in [0.2, 0.25) is 0 Å². The van der Waals surface area contributed by atoms with Crippen molar-refractivity contribution in [2.24, 2.45) is 5.41 Å². The molecule has 5 heteroatoms. The van der Waals surface area contributed by atoms with Gasteiger partial charge in [-0.25, -0.2) is 9.59 Å². The van der Waals surface area contributed by atoms with Crippen molar-refractivity contribution in [1.29, 1.82) is 0 Å². The molecule has 1 aromatic carbocycles. The number of carbonyl (C=O) groups excluding carboxylic acids is 1. The largest absolute Gasteiger partial charge is 0.478 e. The van der Waals surface area contributed by atoms with Crippen molar-refractivity contribution in [1.82, 2.24) is 5.32 Å². The quantitative estimate of drug-likeness (QED) is 0.777. The molecule has 0 bridgehead atoms. The Morgan fingerprint density at radius 3 is 2.57 bits per heavy atom. The van der Waals surface area contributed by atoms with Gasteiger partial charge in [-0.05, 0) is 49.3 Å². The van der Waals surface area contributed by atoms with Crippen molar-refractivity contribution in [3.63, 3.8) is 0 Å². The molecule has 0 spiro atoms. The zero-order valence-electron chi connectivity index (χ0n) is 12.5. The molecule has 1 fully saturated rings. The lowest BCUT2D eigenvalue weighted by Crippen LogP contribution is -2.43. The van der Waals surface area contributed by atoms with Crippen LogP contribution in [0.15, 0.2) is 18.2 Å². The van der Waals surface area contributed by atoms with Crippen LogP contribution in [0.2, 0.25) is 0 Å². The SMILES string of the molecule is CCC1(CNC(=O)Nc2cc(C(=O)O)ccc2C)CCC1. The van der Waals surface area contributed by atoms with Crippen LogP contribution in [-0.2, 0) is 0 Å². The molecule has 1 aliphatic rings. The number of hydrogen-bond acceptors (Lipinski definition) is 2. The molecular weight excluding hydrogens is 268 g/mol. The third-order valence-electron chi connectivity index (χ3n) is 4.52. The Morgan fingerprint density at radius 2 is 2.05 bits per heavy atom. The number of aromatic carboxylic acids is 1. The van der Waals surface area contributed by atoms with Gasteiger partial charge in [0.15, 0.2) is 0 Å². The maximum atomic E-state index is 12.0. The average molecular weight is 290 g/mol. The van der Waals surface area contributed by atoms with Crippen LogP contribution in [-0.4, -0.2) is 23.7 Å². The number of anilines is 1. The van der Waals surface area contributed by atoms with E-state index in [4.69, 9.17) is 5.11 Å². The van der Waals surface area contributed by atoms with E-state index in [0.717, 1.165) is 24.8 Å². The van der Waals surface area contributed by atoms with Crippen molar-refractivity contribution in [2.45, 2.75) is 39.5 Å². The van der Waals surface area contributed by atoms with Crippen LogP contribution < -0.4 is 10.6 Å². The number of benzene rings is 1. The molecule has 0 aliphatic heterocycles. The van der Waals surface area contributed by atoms with Gasteiger partial charge in [0.25, 0.3) is 0 Å². The molecular formula is C16H22N2O3. The van der Waals surface area contributed by atoms with E-state index >= 15 is 0 Å². The molecule has 21 heavy (non-hydrogen) atoms. The molecule has 0 heterocycles.